The van der Waals surface area contributed by atoms with Crippen molar-refractivity contribution >= 4 is 28.3 Å². The fourth-order valence-electron chi connectivity index (χ4n) is 3.90. The monoisotopic (exact) mass is 397 g/mol. The maximum atomic E-state index is 13.0. The number of carbonyl (C=O) groups is 1. The largest absolute Gasteiger partial charge is 0.348 e. The molecule has 4 heterocycles. The molecule has 1 fully saturated rings. The van der Waals surface area contributed by atoms with E-state index in [2.05, 4.69) is 38.7 Å². The zero-order valence-electron chi connectivity index (χ0n) is 16.5. The summed E-state index contributed by atoms with van der Waals surface area (Å²) in [5, 5.41) is 10.5. The van der Waals surface area contributed by atoms with Crippen LogP contribution in [0, 0.1) is 6.92 Å². The van der Waals surface area contributed by atoms with Crippen molar-refractivity contribution in [3.8, 4) is 0 Å². The lowest BCUT2D eigenvalue weighted by atomic mass is 10.1. The molecule has 1 amide bonds. The SMILES string of the molecule is Cc1cc(C(=O)NC(C)CN2CCCCC2)c2cnn(Cc3cccs3)c2n1. The summed E-state index contributed by atoms with van der Waals surface area (Å²) in [6.07, 6.45) is 5.60. The van der Waals surface area contributed by atoms with Crippen molar-refractivity contribution < 1.29 is 4.79 Å². The van der Waals surface area contributed by atoms with Gasteiger partial charge in [-0.2, -0.15) is 5.10 Å². The van der Waals surface area contributed by atoms with Crippen LogP contribution in [0.3, 0.4) is 0 Å². The van der Waals surface area contributed by atoms with Crippen LogP contribution in [-0.4, -0.2) is 51.2 Å². The molecule has 0 saturated carbocycles. The Hall–Kier alpha value is -2.25. The van der Waals surface area contributed by atoms with Crippen molar-refractivity contribution in [2.24, 2.45) is 0 Å². The molecule has 148 valence electrons. The number of carbonyl (C=O) groups excluding carboxylic acids is 1. The Morgan fingerprint density at radius 1 is 1.32 bits per heavy atom. The highest BCUT2D eigenvalue weighted by atomic mass is 32.1. The molecular weight excluding hydrogens is 370 g/mol. The molecule has 7 heteroatoms. The van der Waals surface area contributed by atoms with Crippen LogP contribution in [0.5, 0.6) is 0 Å². The topological polar surface area (TPSA) is 63.1 Å². The summed E-state index contributed by atoms with van der Waals surface area (Å²) in [5.74, 6) is -0.0457. The molecule has 1 atom stereocenters. The fraction of sp³-hybridized carbons (Fsp3) is 0.476. The van der Waals surface area contributed by atoms with Gasteiger partial charge in [0.1, 0.15) is 0 Å². The molecule has 1 aliphatic rings. The Kier molecular flexibility index (Phi) is 5.73. The van der Waals surface area contributed by atoms with Gasteiger partial charge in [0.15, 0.2) is 5.65 Å². The summed E-state index contributed by atoms with van der Waals surface area (Å²) >= 11 is 1.70. The third-order valence-electron chi connectivity index (χ3n) is 5.23. The Balaban J connectivity index is 1.52. The van der Waals surface area contributed by atoms with Crippen LogP contribution in [0.15, 0.2) is 29.8 Å². The Morgan fingerprint density at radius 3 is 2.89 bits per heavy atom. The highest BCUT2D eigenvalue weighted by molar-refractivity contribution is 7.09. The molecule has 1 saturated heterocycles. The van der Waals surface area contributed by atoms with Crippen molar-refractivity contribution in [2.45, 2.75) is 45.7 Å². The molecule has 28 heavy (non-hydrogen) atoms. The van der Waals surface area contributed by atoms with Gasteiger partial charge in [0.05, 0.1) is 23.7 Å². The van der Waals surface area contributed by atoms with E-state index in [1.54, 1.807) is 17.5 Å². The van der Waals surface area contributed by atoms with Crippen molar-refractivity contribution in [2.75, 3.05) is 19.6 Å². The zero-order chi connectivity index (χ0) is 19.5. The lowest BCUT2D eigenvalue weighted by Gasteiger charge is -2.29. The number of nitrogens with one attached hydrogen (secondary N) is 1. The van der Waals surface area contributed by atoms with Gasteiger partial charge in [0.25, 0.3) is 5.91 Å². The molecule has 0 bridgehead atoms. The van der Waals surface area contributed by atoms with E-state index in [0.29, 0.717) is 12.1 Å². The number of nitrogens with zero attached hydrogens (tertiary/aromatic N) is 4. The van der Waals surface area contributed by atoms with E-state index < -0.39 is 0 Å². The first-order valence-corrected chi connectivity index (χ1v) is 10.9. The van der Waals surface area contributed by atoms with E-state index in [1.807, 2.05) is 23.7 Å². The van der Waals surface area contributed by atoms with Crippen molar-refractivity contribution in [1.82, 2.24) is 25.0 Å². The van der Waals surface area contributed by atoms with Crippen LogP contribution >= 0.6 is 11.3 Å². The minimum absolute atomic E-state index is 0.0457. The highest BCUT2D eigenvalue weighted by Crippen LogP contribution is 2.20. The van der Waals surface area contributed by atoms with Gasteiger partial charge in [-0.25, -0.2) is 9.67 Å². The second-order valence-corrected chi connectivity index (χ2v) is 8.70. The summed E-state index contributed by atoms with van der Waals surface area (Å²) in [4.78, 5) is 21.3. The van der Waals surface area contributed by atoms with Crippen molar-refractivity contribution in [3.05, 3.63) is 45.9 Å². The number of pyridine rings is 1. The Bertz CT molecular complexity index is 943. The van der Waals surface area contributed by atoms with Gasteiger partial charge in [-0.1, -0.05) is 12.5 Å². The number of fused-ring (bicyclic) bond motifs is 1. The number of hydrogen-bond acceptors (Lipinski definition) is 5. The fourth-order valence-corrected chi connectivity index (χ4v) is 4.59. The lowest BCUT2D eigenvalue weighted by Crippen LogP contribution is -2.43. The maximum Gasteiger partial charge on any atom is 0.252 e. The summed E-state index contributed by atoms with van der Waals surface area (Å²) in [5.41, 5.74) is 2.25. The Labute approximate surface area is 169 Å². The van der Waals surface area contributed by atoms with Gasteiger partial charge in [0, 0.05) is 23.2 Å². The first-order valence-electron chi connectivity index (χ1n) is 9.99. The van der Waals surface area contributed by atoms with Gasteiger partial charge in [-0.05, 0) is 57.3 Å². The number of aromatic nitrogens is 3. The predicted molar refractivity (Wildman–Crippen MR) is 113 cm³/mol. The number of hydrogen-bond donors (Lipinski definition) is 1. The van der Waals surface area contributed by atoms with E-state index in [-0.39, 0.29) is 11.9 Å². The van der Waals surface area contributed by atoms with Gasteiger partial charge >= 0.3 is 0 Å². The molecule has 4 rings (SSSR count). The van der Waals surface area contributed by atoms with Gasteiger partial charge in [-0.15, -0.1) is 11.3 Å². The molecule has 6 nitrogen and oxygen atoms in total. The van der Waals surface area contributed by atoms with Crippen LogP contribution in [-0.2, 0) is 6.54 Å². The molecule has 3 aromatic heterocycles. The van der Waals surface area contributed by atoms with Gasteiger partial charge in [0.2, 0.25) is 0 Å². The molecule has 0 spiro atoms. The molecule has 0 aromatic carbocycles. The molecule has 1 unspecified atom stereocenters. The zero-order valence-corrected chi connectivity index (χ0v) is 17.3. The highest BCUT2D eigenvalue weighted by Gasteiger charge is 2.19. The predicted octanol–water partition coefficient (Wildman–Crippen LogP) is 3.45. The van der Waals surface area contributed by atoms with E-state index in [0.717, 1.165) is 36.4 Å². The van der Waals surface area contributed by atoms with E-state index in [1.165, 1.54) is 24.1 Å². The number of amides is 1. The quantitative estimate of drug-likeness (QED) is 0.692. The molecular formula is C21H27N5OS. The second kappa shape index (κ2) is 8.41. The van der Waals surface area contributed by atoms with Crippen molar-refractivity contribution in [3.63, 3.8) is 0 Å². The lowest BCUT2D eigenvalue weighted by molar-refractivity contribution is 0.0927. The minimum Gasteiger partial charge on any atom is -0.348 e. The first kappa shape index (κ1) is 19.1. The first-order chi connectivity index (χ1) is 13.6. The van der Waals surface area contributed by atoms with Crippen LogP contribution in [0.1, 0.15) is 47.1 Å². The molecule has 1 N–H and O–H groups in total. The summed E-state index contributed by atoms with van der Waals surface area (Å²) in [7, 11) is 0. The van der Waals surface area contributed by atoms with Crippen LogP contribution < -0.4 is 5.32 Å². The van der Waals surface area contributed by atoms with Crippen molar-refractivity contribution in [1.29, 1.82) is 0 Å². The van der Waals surface area contributed by atoms with E-state index in [4.69, 9.17) is 0 Å². The van der Waals surface area contributed by atoms with E-state index >= 15 is 0 Å². The van der Waals surface area contributed by atoms with Gasteiger partial charge < -0.3 is 10.2 Å². The number of rotatable bonds is 6. The van der Waals surface area contributed by atoms with Crippen LogP contribution in [0.2, 0.25) is 0 Å². The third-order valence-corrected chi connectivity index (χ3v) is 6.09. The van der Waals surface area contributed by atoms with Crippen LogP contribution in [0.4, 0.5) is 0 Å². The molecule has 1 aliphatic heterocycles. The van der Waals surface area contributed by atoms with E-state index in [9.17, 15) is 4.79 Å². The Morgan fingerprint density at radius 2 is 2.14 bits per heavy atom. The molecule has 3 aromatic rings. The molecule has 0 radical (unpaired) electrons. The summed E-state index contributed by atoms with van der Waals surface area (Å²) in [6.45, 7) is 7.84. The van der Waals surface area contributed by atoms with Gasteiger partial charge in [-0.3, -0.25) is 4.79 Å². The normalized spacial score (nSPS) is 16.4. The summed E-state index contributed by atoms with van der Waals surface area (Å²) < 4.78 is 1.88. The average molecular weight is 398 g/mol. The number of thiophene rings is 1. The summed E-state index contributed by atoms with van der Waals surface area (Å²) in [6, 6.07) is 6.09. The average Bonchev–Trinajstić information content (AvgIpc) is 3.32. The third kappa shape index (κ3) is 4.25. The smallest absolute Gasteiger partial charge is 0.252 e. The minimum atomic E-state index is -0.0457. The maximum absolute atomic E-state index is 13.0. The number of likely N-dealkylation sites (tertiary alicyclic amines) is 1. The second-order valence-electron chi connectivity index (χ2n) is 7.67. The standard InChI is InChI=1S/C21H27N5OS/c1-15-11-18(21(27)24-16(2)13-25-8-4-3-5-9-25)19-12-22-26(20(19)23-15)14-17-7-6-10-28-17/h6-7,10-12,16H,3-5,8-9,13-14H2,1-2H3,(H,24,27). The van der Waals surface area contributed by atoms with Crippen LogP contribution in [0.25, 0.3) is 11.0 Å². The number of aryl methyl sites for hydroxylation is 1. The molecule has 0 aliphatic carbocycles. The number of piperidine rings is 1.